The summed E-state index contributed by atoms with van der Waals surface area (Å²) in [5, 5.41) is 5.29. The average molecular weight is 438 g/mol. The number of nitrogens with zero attached hydrogens (tertiary/aromatic N) is 5. The fourth-order valence-electron chi connectivity index (χ4n) is 3.56. The second-order valence-electron chi connectivity index (χ2n) is 7.95. The monoisotopic (exact) mass is 437 g/mol. The average Bonchev–Trinajstić information content (AvgIpc) is 3.46. The third-order valence-electron chi connectivity index (χ3n) is 5.58. The highest BCUT2D eigenvalue weighted by atomic mass is 35.5. The van der Waals surface area contributed by atoms with Crippen LogP contribution >= 0.6 is 11.6 Å². The van der Waals surface area contributed by atoms with Gasteiger partial charge in [0, 0.05) is 30.0 Å². The van der Waals surface area contributed by atoms with Gasteiger partial charge in [-0.05, 0) is 62.1 Å². The molecule has 0 aliphatic heterocycles. The Labute approximate surface area is 175 Å². The SMILES string of the molecule is C[C@H](C[C@@H](C)S(C)(=O)=O)Oc1ncc([C@](C)(N=[N+]=[N-])C2CC2)c2cc(Cl)ncc12. The highest BCUT2D eigenvalue weighted by Crippen LogP contribution is 2.50. The van der Waals surface area contributed by atoms with Gasteiger partial charge in [0.25, 0.3) is 0 Å². The Hall–Kier alpha value is -2.09. The molecular formula is C19H24ClN5O3S. The van der Waals surface area contributed by atoms with Crippen LogP contribution in [0.15, 0.2) is 23.6 Å². The first-order valence-electron chi connectivity index (χ1n) is 9.42. The number of hydrogen-bond donors (Lipinski definition) is 0. The van der Waals surface area contributed by atoms with Crippen LogP contribution in [-0.4, -0.2) is 36.0 Å². The van der Waals surface area contributed by atoms with E-state index in [4.69, 9.17) is 21.9 Å². The molecule has 0 bridgehead atoms. The van der Waals surface area contributed by atoms with Crippen LogP contribution in [0.3, 0.4) is 0 Å². The smallest absolute Gasteiger partial charge is 0.223 e. The van der Waals surface area contributed by atoms with Crippen molar-refractivity contribution in [1.82, 2.24) is 9.97 Å². The molecular weight excluding hydrogens is 414 g/mol. The van der Waals surface area contributed by atoms with Crippen LogP contribution in [0, 0.1) is 5.92 Å². The van der Waals surface area contributed by atoms with Crippen LogP contribution in [0.2, 0.25) is 5.15 Å². The molecule has 3 atom stereocenters. The molecule has 1 aliphatic carbocycles. The summed E-state index contributed by atoms with van der Waals surface area (Å²) in [4.78, 5) is 11.7. The summed E-state index contributed by atoms with van der Waals surface area (Å²) in [6.45, 7) is 5.37. The van der Waals surface area contributed by atoms with Crippen LogP contribution in [0.5, 0.6) is 5.88 Å². The molecule has 8 nitrogen and oxygen atoms in total. The number of fused-ring (bicyclic) bond motifs is 1. The Kier molecular flexibility index (Phi) is 5.94. The van der Waals surface area contributed by atoms with E-state index in [1.54, 1.807) is 32.3 Å². The van der Waals surface area contributed by atoms with E-state index in [0.717, 1.165) is 23.8 Å². The van der Waals surface area contributed by atoms with Crippen molar-refractivity contribution < 1.29 is 13.2 Å². The minimum Gasteiger partial charge on any atom is -0.474 e. The summed E-state index contributed by atoms with van der Waals surface area (Å²) < 4.78 is 29.4. The maximum absolute atomic E-state index is 11.7. The van der Waals surface area contributed by atoms with Crippen LogP contribution < -0.4 is 4.74 Å². The Morgan fingerprint density at radius 3 is 2.62 bits per heavy atom. The van der Waals surface area contributed by atoms with Crippen molar-refractivity contribution in [3.8, 4) is 5.88 Å². The van der Waals surface area contributed by atoms with Crippen LogP contribution in [-0.2, 0) is 15.4 Å². The summed E-state index contributed by atoms with van der Waals surface area (Å²) >= 11 is 6.15. The van der Waals surface area contributed by atoms with Gasteiger partial charge >= 0.3 is 0 Å². The number of rotatable bonds is 8. The zero-order valence-electron chi connectivity index (χ0n) is 16.8. The van der Waals surface area contributed by atoms with Crippen molar-refractivity contribution >= 4 is 32.2 Å². The van der Waals surface area contributed by atoms with E-state index in [-0.39, 0.29) is 12.0 Å². The molecule has 0 unspecified atom stereocenters. The molecule has 29 heavy (non-hydrogen) atoms. The number of hydrogen-bond acceptors (Lipinski definition) is 6. The number of sulfone groups is 1. The van der Waals surface area contributed by atoms with Gasteiger partial charge in [0.1, 0.15) is 15.0 Å². The largest absolute Gasteiger partial charge is 0.474 e. The summed E-state index contributed by atoms with van der Waals surface area (Å²) in [5.74, 6) is 0.594. The standard InChI is InChI=1S/C19H24ClN5O3S/c1-11(7-12(2)29(4,26)27)28-18-15-9-22-17(20)8-14(15)16(10-23-18)19(3,24-25-21)13-5-6-13/h8-13H,5-7H2,1-4H3/t11-,12-,19-/m1/s1. The second-order valence-corrected chi connectivity index (χ2v) is 10.8. The summed E-state index contributed by atoms with van der Waals surface area (Å²) in [7, 11) is -3.15. The van der Waals surface area contributed by atoms with Crippen molar-refractivity contribution in [2.75, 3.05) is 6.26 Å². The minimum absolute atomic E-state index is 0.247. The van der Waals surface area contributed by atoms with E-state index >= 15 is 0 Å². The quantitative estimate of drug-likeness (QED) is 0.254. The highest BCUT2D eigenvalue weighted by Gasteiger charge is 2.43. The first-order valence-corrected chi connectivity index (χ1v) is 11.8. The third-order valence-corrected chi connectivity index (χ3v) is 7.44. The van der Waals surface area contributed by atoms with Gasteiger partial charge in [-0.15, -0.1) is 0 Å². The number of aromatic nitrogens is 2. The molecule has 156 valence electrons. The molecule has 1 aliphatic rings. The molecule has 0 N–H and O–H groups in total. The molecule has 2 aromatic rings. The number of pyridine rings is 2. The predicted molar refractivity (Wildman–Crippen MR) is 113 cm³/mol. The van der Waals surface area contributed by atoms with E-state index in [1.165, 1.54) is 6.26 Å². The van der Waals surface area contributed by atoms with E-state index in [1.807, 2.05) is 6.92 Å². The van der Waals surface area contributed by atoms with E-state index in [0.29, 0.717) is 22.8 Å². The summed E-state index contributed by atoms with van der Waals surface area (Å²) in [6, 6.07) is 1.72. The number of ether oxygens (including phenoxy) is 1. The fraction of sp³-hybridized carbons (Fsp3) is 0.579. The predicted octanol–water partition coefficient (Wildman–Crippen LogP) is 4.81. The van der Waals surface area contributed by atoms with Gasteiger partial charge in [-0.3, -0.25) is 0 Å². The second kappa shape index (κ2) is 7.97. The van der Waals surface area contributed by atoms with Gasteiger partial charge in [0.05, 0.1) is 22.3 Å². The lowest BCUT2D eigenvalue weighted by molar-refractivity contribution is 0.205. The van der Waals surface area contributed by atoms with Crippen LogP contribution in [0.4, 0.5) is 0 Å². The van der Waals surface area contributed by atoms with Gasteiger partial charge < -0.3 is 4.74 Å². The zero-order valence-corrected chi connectivity index (χ0v) is 18.4. The molecule has 2 heterocycles. The Morgan fingerprint density at radius 1 is 1.34 bits per heavy atom. The molecule has 0 spiro atoms. The molecule has 0 radical (unpaired) electrons. The fourth-order valence-corrected chi connectivity index (χ4v) is 4.34. The van der Waals surface area contributed by atoms with Gasteiger partial charge in [-0.25, -0.2) is 18.4 Å². The maximum atomic E-state index is 11.7. The summed E-state index contributed by atoms with van der Waals surface area (Å²) in [6.07, 6.45) is 6.39. The lowest BCUT2D eigenvalue weighted by atomic mass is 9.86. The molecule has 0 aromatic carbocycles. The molecule has 3 rings (SSSR count). The van der Waals surface area contributed by atoms with Gasteiger partial charge in [0.15, 0.2) is 0 Å². The first kappa shape index (κ1) is 21.6. The lowest BCUT2D eigenvalue weighted by Crippen LogP contribution is -2.25. The maximum Gasteiger partial charge on any atom is 0.223 e. The van der Waals surface area contributed by atoms with Crippen molar-refractivity contribution in [3.63, 3.8) is 0 Å². The molecule has 1 saturated carbocycles. The zero-order chi connectivity index (χ0) is 21.4. The Bertz CT molecular complexity index is 1080. The Balaban J connectivity index is 2.02. The first-order chi connectivity index (χ1) is 13.6. The summed E-state index contributed by atoms with van der Waals surface area (Å²) in [5.41, 5.74) is 9.16. The number of halogens is 1. The molecule has 0 amide bonds. The molecule has 0 saturated heterocycles. The molecule has 1 fully saturated rings. The molecule has 2 aromatic heterocycles. The highest BCUT2D eigenvalue weighted by molar-refractivity contribution is 7.91. The van der Waals surface area contributed by atoms with Gasteiger partial charge in [-0.2, -0.15) is 0 Å². The van der Waals surface area contributed by atoms with Crippen molar-refractivity contribution in [2.45, 2.75) is 56.9 Å². The Morgan fingerprint density at radius 2 is 2.03 bits per heavy atom. The van der Waals surface area contributed by atoms with Gasteiger partial charge in [0.2, 0.25) is 5.88 Å². The normalized spacial score (nSPS) is 18.5. The topological polar surface area (TPSA) is 118 Å². The van der Waals surface area contributed by atoms with E-state index in [9.17, 15) is 8.42 Å². The van der Waals surface area contributed by atoms with Crippen molar-refractivity contribution in [1.29, 1.82) is 0 Å². The van der Waals surface area contributed by atoms with Crippen LogP contribution in [0.1, 0.15) is 45.6 Å². The van der Waals surface area contributed by atoms with E-state index < -0.39 is 20.6 Å². The van der Waals surface area contributed by atoms with E-state index in [2.05, 4.69) is 20.0 Å². The number of azide groups is 1. The van der Waals surface area contributed by atoms with Crippen molar-refractivity contribution in [3.05, 3.63) is 39.6 Å². The lowest BCUT2D eigenvalue weighted by Gasteiger charge is -2.26. The van der Waals surface area contributed by atoms with Crippen LogP contribution in [0.25, 0.3) is 21.2 Å². The third kappa shape index (κ3) is 4.57. The van der Waals surface area contributed by atoms with Gasteiger partial charge in [-0.1, -0.05) is 16.7 Å². The minimum atomic E-state index is -3.15. The van der Waals surface area contributed by atoms with Crippen molar-refractivity contribution in [2.24, 2.45) is 11.0 Å². The molecule has 10 heteroatoms.